The van der Waals surface area contributed by atoms with Gasteiger partial charge in [0.1, 0.15) is 17.1 Å². The van der Waals surface area contributed by atoms with Gasteiger partial charge in [0.05, 0.1) is 10.5 Å². The number of hydrogen-bond donors (Lipinski definition) is 1. The molecule has 156 valence electrons. The molecule has 3 aromatic carbocycles. The third kappa shape index (κ3) is 4.04. The first-order valence-corrected chi connectivity index (χ1v) is 11.2. The normalized spacial score (nSPS) is 17.1. The molecule has 0 fully saturated rings. The van der Waals surface area contributed by atoms with Gasteiger partial charge in [0, 0.05) is 12.0 Å². The molecular weight excluding hydrogens is 442 g/mol. The molecule has 4 rings (SSSR count). The molecule has 0 aliphatic carbocycles. The van der Waals surface area contributed by atoms with Gasteiger partial charge in [0.25, 0.3) is 5.91 Å². The van der Waals surface area contributed by atoms with Crippen LogP contribution in [0.5, 0.6) is 11.5 Å². The number of fused-ring (bicyclic) bond motifs is 2. The van der Waals surface area contributed by atoms with Crippen molar-refractivity contribution < 1.29 is 14.3 Å². The maximum absolute atomic E-state index is 12.8. The summed E-state index contributed by atoms with van der Waals surface area (Å²) in [6.07, 6.45) is 2.54. The van der Waals surface area contributed by atoms with Gasteiger partial charge in [-0.15, -0.1) is 0 Å². The number of nitrogens with one attached hydrogen (secondary N) is 1. The molecule has 1 unspecified atom stereocenters. The highest BCUT2D eigenvalue weighted by Gasteiger charge is 2.38. The maximum Gasteiger partial charge on any atom is 0.258 e. The third-order valence-electron chi connectivity index (χ3n) is 6.01. The molecular formula is C25H26BrNO3. The minimum Gasteiger partial charge on any atom is -0.487 e. The minimum atomic E-state index is -0.255. The van der Waals surface area contributed by atoms with E-state index in [1.54, 1.807) is 0 Å². The quantitative estimate of drug-likeness (QED) is 0.470. The summed E-state index contributed by atoms with van der Waals surface area (Å²) in [7, 11) is 0. The summed E-state index contributed by atoms with van der Waals surface area (Å²) in [5.74, 6) is 1.38. The summed E-state index contributed by atoms with van der Waals surface area (Å²) in [4.78, 5) is 12.8. The molecule has 5 heteroatoms. The first-order valence-electron chi connectivity index (χ1n) is 10.4. The second-order valence-electron chi connectivity index (χ2n) is 7.74. The van der Waals surface area contributed by atoms with Gasteiger partial charge >= 0.3 is 0 Å². The Bertz CT molecular complexity index is 1060. The number of amides is 1. The third-order valence-corrected chi connectivity index (χ3v) is 6.83. The zero-order valence-corrected chi connectivity index (χ0v) is 18.9. The van der Waals surface area contributed by atoms with Crippen LogP contribution < -0.4 is 14.8 Å². The average Bonchev–Trinajstić information content (AvgIpc) is 2.78. The second kappa shape index (κ2) is 8.68. The number of hydrogen-bond acceptors (Lipinski definition) is 3. The molecule has 0 bridgehead atoms. The standard InChI is InChI=1S/C25H26BrNO3/c1-3-25(4-2)15-20(19-11-7-8-12-21(19)30-25)27-23(28)16-29-22-14-13-17-9-5-6-10-18(17)24(22)26/h5-14,20H,3-4,15-16H2,1-2H3,(H,27,28). The van der Waals surface area contributed by atoms with E-state index in [0.29, 0.717) is 5.75 Å². The Kier molecular flexibility index (Phi) is 6.00. The van der Waals surface area contributed by atoms with E-state index in [-0.39, 0.29) is 24.2 Å². The minimum absolute atomic E-state index is 0.0400. The Labute approximate surface area is 185 Å². The summed E-state index contributed by atoms with van der Waals surface area (Å²) < 4.78 is 13.0. The van der Waals surface area contributed by atoms with Crippen LogP contribution in [-0.4, -0.2) is 18.1 Å². The molecule has 1 heterocycles. The van der Waals surface area contributed by atoms with Gasteiger partial charge in [-0.2, -0.15) is 0 Å². The zero-order chi connectivity index (χ0) is 21.1. The van der Waals surface area contributed by atoms with Crippen LogP contribution in [0.25, 0.3) is 10.8 Å². The number of carbonyl (C=O) groups excluding carboxylic acids is 1. The molecule has 1 atom stereocenters. The Hall–Kier alpha value is -2.53. The lowest BCUT2D eigenvalue weighted by Gasteiger charge is -2.41. The van der Waals surface area contributed by atoms with E-state index in [0.717, 1.165) is 45.8 Å². The van der Waals surface area contributed by atoms with Crippen LogP contribution in [-0.2, 0) is 4.79 Å². The van der Waals surface area contributed by atoms with Crippen molar-refractivity contribution in [2.75, 3.05) is 6.61 Å². The molecule has 0 radical (unpaired) electrons. The van der Waals surface area contributed by atoms with Crippen LogP contribution in [0.15, 0.2) is 65.1 Å². The van der Waals surface area contributed by atoms with Crippen LogP contribution in [0.3, 0.4) is 0 Å². The fourth-order valence-electron chi connectivity index (χ4n) is 4.13. The van der Waals surface area contributed by atoms with Crippen molar-refractivity contribution in [1.82, 2.24) is 5.32 Å². The van der Waals surface area contributed by atoms with E-state index in [4.69, 9.17) is 9.47 Å². The molecule has 1 N–H and O–H groups in total. The van der Waals surface area contributed by atoms with Crippen molar-refractivity contribution in [2.45, 2.75) is 44.8 Å². The van der Waals surface area contributed by atoms with E-state index in [9.17, 15) is 4.79 Å². The summed E-state index contributed by atoms with van der Waals surface area (Å²) in [5, 5.41) is 5.35. The van der Waals surface area contributed by atoms with Crippen LogP contribution >= 0.6 is 15.9 Å². The zero-order valence-electron chi connectivity index (χ0n) is 17.3. The van der Waals surface area contributed by atoms with Gasteiger partial charge in [0.2, 0.25) is 0 Å². The molecule has 0 saturated heterocycles. The Morgan fingerprint density at radius 2 is 1.83 bits per heavy atom. The molecule has 1 aliphatic rings. The smallest absolute Gasteiger partial charge is 0.258 e. The number of benzene rings is 3. The van der Waals surface area contributed by atoms with Crippen LogP contribution in [0.4, 0.5) is 0 Å². The van der Waals surface area contributed by atoms with E-state index in [1.807, 2.05) is 60.7 Å². The number of halogens is 1. The molecule has 1 amide bonds. The van der Waals surface area contributed by atoms with Gasteiger partial charge in [-0.05, 0) is 51.7 Å². The van der Waals surface area contributed by atoms with Gasteiger partial charge in [-0.25, -0.2) is 0 Å². The van der Waals surface area contributed by atoms with E-state index in [2.05, 4.69) is 35.1 Å². The number of carbonyl (C=O) groups is 1. The molecule has 3 aromatic rings. The number of ether oxygens (including phenoxy) is 2. The predicted molar refractivity (Wildman–Crippen MR) is 123 cm³/mol. The molecule has 4 nitrogen and oxygen atoms in total. The highest BCUT2D eigenvalue weighted by atomic mass is 79.9. The highest BCUT2D eigenvalue weighted by molar-refractivity contribution is 9.10. The first kappa shape index (κ1) is 20.7. The van der Waals surface area contributed by atoms with Crippen LogP contribution in [0.2, 0.25) is 0 Å². The van der Waals surface area contributed by atoms with Crippen molar-refractivity contribution in [3.8, 4) is 11.5 Å². The lowest BCUT2D eigenvalue weighted by molar-refractivity contribution is -0.124. The Balaban J connectivity index is 1.48. The first-order chi connectivity index (χ1) is 14.5. The van der Waals surface area contributed by atoms with E-state index >= 15 is 0 Å². The monoisotopic (exact) mass is 467 g/mol. The lowest BCUT2D eigenvalue weighted by atomic mass is 9.83. The molecule has 1 aliphatic heterocycles. The summed E-state index contributed by atoms with van der Waals surface area (Å²) >= 11 is 3.61. The topological polar surface area (TPSA) is 47.6 Å². The van der Waals surface area contributed by atoms with Crippen molar-refractivity contribution in [3.05, 3.63) is 70.7 Å². The molecule has 0 saturated carbocycles. The maximum atomic E-state index is 12.8. The van der Waals surface area contributed by atoms with Gasteiger partial charge in [-0.3, -0.25) is 4.79 Å². The number of rotatable bonds is 6. The van der Waals surface area contributed by atoms with E-state index in [1.165, 1.54) is 0 Å². The lowest BCUT2D eigenvalue weighted by Crippen LogP contribution is -2.45. The Morgan fingerprint density at radius 3 is 2.63 bits per heavy atom. The SMILES string of the molecule is CCC1(CC)CC(NC(=O)COc2ccc3ccccc3c2Br)c2ccccc2O1. The number of para-hydroxylation sites is 1. The van der Waals surface area contributed by atoms with Crippen LogP contribution in [0.1, 0.15) is 44.7 Å². The van der Waals surface area contributed by atoms with Crippen molar-refractivity contribution in [1.29, 1.82) is 0 Å². The summed E-state index contributed by atoms with van der Waals surface area (Å²) in [6.45, 7) is 4.23. The highest BCUT2D eigenvalue weighted by Crippen LogP contribution is 2.42. The summed E-state index contributed by atoms with van der Waals surface area (Å²) in [6, 6.07) is 19.8. The van der Waals surface area contributed by atoms with Gasteiger partial charge in [0.15, 0.2) is 6.61 Å². The molecule has 0 aromatic heterocycles. The molecule has 0 spiro atoms. The average molecular weight is 468 g/mol. The summed E-state index contributed by atoms with van der Waals surface area (Å²) in [5.41, 5.74) is 0.768. The van der Waals surface area contributed by atoms with Crippen molar-refractivity contribution >= 4 is 32.6 Å². The van der Waals surface area contributed by atoms with E-state index < -0.39 is 0 Å². The predicted octanol–water partition coefficient (Wildman–Crippen LogP) is 6.18. The van der Waals surface area contributed by atoms with Crippen molar-refractivity contribution in [2.24, 2.45) is 0 Å². The van der Waals surface area contributed by atoms with Gasteiger partial charge in [-0.1, -0.05) is 62.4 Å². The van der Waals surface area contributed by atoms with Crippen molar-refractivity contribution in [3.63, 3.8) is 0 Å². The fraction of sp³-hybridized carbons (Fsp3) is 0.320. The van der Waals surface area contributed by atoms with Gasteiger partial charge < -0.3 is 14.8 Å². The van der Waals surface area contributed by atoms with Crippen LogP contribution in [0, 0.1) is 0 Å². The molecule has 30 heavy (non-hydrogen) atoms. The second-order valence-corrected chi connectivity index (χ2v) is 8.53. The largest absolute Gasteiger partial charge is 0.487 e. The fourth-order valence-corrected chi connectivity index (χ4v) is 4.74. The Morgan fingerprint density at radius 1 is 1.10 bits per heavy atom.